The highest BCUT2D eigenvalue weighted by Gasteiger charge is 2.47. The van der Waals surface area contributed by atoms with Gasteiger partial charge in [0.1, 0.15) is 0 Å². The average molecular weight is 890 g/mol. The third kappa shape index (κ3) is 6.77. The van der Waals surface area contributed by atoms with E-state index in [4.69, 9.17) is 0 Å². The van der Waals surface area contributed by atoms with Crippen LogP contribution in [0.5, 0.6) is 0 Å². The van der Waals surface area contributed by atoms with Gasteiger partial charge >= 0.3 is 0 Å². The summed E-state index contributed by atoms with van der Waals surface area (Å²) >= 11 is 0. The van der Waals surface area contributed by atoms with Crippen molar-refractivity contribution in [1.29, 1.82) is 0 Å². The van der Waals surface area contributed by atoms with Crippen LogP contribution in [0.25, 0.3) is 11.1 Å². The van der Waals surface area contributed by atoms with Crippen molar-refractivity contribution >= 4 is 34.5 Å². The van der Waals surface area contributed by atoms with E-state index in [0.717, 1.165) is 19.4 Å². The van der Waals surface area contributed by atoms with E-state index in [1.165, 1.54) is 122 Å². The van der Waals surface area contributed by atoms with Crippen molar-refractivity contribution in [2.45, 2.75) is 156 Å². The number of benzene rings is 7. The molecule has 11 rings (SSSR count). The van der Waals surface area contributed by atoms with E-state index in [1.807, 2.05) is 0 Å². The first-order valence-electron chi connectivity index (χ1n) is 25.6. The zero-order valence-electron chi connectivity index (χ0n) is 43.8. The highest BCUT2D eigenvalue weighted by molar-refractivity contribution is 6.97. The molecule has 2 heteroatoms. The number of hydrogen-bond donors (Lipinski definition) is 0. The fourth-order valence-corrected chi connectivity index (χ4v) is 14.0. The molecule has 0 saturated heterocycles. The molecule has 0 bridgehead atoms. The Hall–Kier alpha value is -5.60. The molecule has 1 unspecified atom stereocenters. The Bertz CT molecular complexity index is 3240. The van der Waals surface area contributed by atoms with Crippen molar-refractivity contribution < 1.29 is 0 Å². The Morgan fingerprint density at radius 2 is 1.21 bits per heavy atom. The van der Waals surface area contributed by atoms with Crippen LogP contribution in [0.2, 0.25) is 0 Å². The molecule has 4 aliphatic rings. The molecule has 0 fully saturated rings. The molecular formula is C66H72BN. The summed E-state index contributed by atoms with van der Waals surface area (Å²) in [6.45, 7) is 36.9. The van der Waals surface area contributed by atoms with Gasteiger partial charge in [0.05, 0.1) is 0 Å². The third-order valence-corrected chi connectivity index (χ3v) is 17.6. The molecule has 1 atom stereocenters. The largest absolute Gasteiger partial charge is 0.337 e. The van der Waals surface area contributed by atoms with Crippen LogP contribution in [0, 0.1) is 20.8 Å². The summed E-state index contributed by atoms with van der Waals surface area (Å²) in [5.41, 5.74) is 31.3. The minimum absolute atomic E-state index is 0.0932. The molecule has 68 heavy (non-hydrogen) atoms. The molecule has 0 radical (unpaired) electrons. The van der Waals surface area contributed by atoms with Crippen LogP contribution in [0.15, 0.2) is 121 Å². The number of nitrogens with zero attached hydrogens (tertiary/aromatic N) is 1. The maximum Gasteiger partial charge on any atom is 0.245 e. The van der Waals surface area contributed by atoms with Crippen LogP contribution >= 0.6 is 0 Å². The molecule has 0 N–H and O–H groups in total. The second-order valence-electron chi connectivity index (χ2n) is 25.2. The fraction of sp³-hybridized carbons (Fsp3) is 0.364. The van der Waals surface area contributed by atoms with Crippen LogP contribution in [0.3, 0.4) is 0 Å². The SMILES string of the molecule is Cc1ccc2c(c1)CN(c1cc3c(cc1C)C(C)(C)CC3(C)C)c1cc(Cc3ccc(-c4cc(C(C)(C)C)ccc4C)cc3)cc3c1B2c1cc2c(cc1C3C)C(C)(C)c1ccccc1C2(C)C. The Balaban J connectivity index is 1.13. The predicted octanol–water partition coefficient (Wildman–Crippen LogP) is 14.7. The lowest BCUT2D eigenvalue weighted by Crippen LogP contribution is -2.59. The van der Waals surface area contributed by atoms with Gasteiger partial charge in [-0.1, -0.05) is 209 Å². The first-order valence-corrected chi connectivity index (χ1v) is 25.6. The molecule has 344 valence electrons. The Morgan fingerprint density at radius 1 is 0.559 bits per heavy atom. The maximum atomic E-state index is 2.76. The van der Waals surface area contributed by atoms with Gasteiger partial charge in [-0.05, 0) is 156 Å². The lowest BCUT2D eigenvalue weighted by atomic mass is 9.31. The standard InChI is InChI=1S/C66H72BN/c1-39-20-27-57-46(28-39)37-68(59-36-54-53(29-41(59)3)63(8,9)38-64(54,10)11)60-32-44(30-43-22-24-45(25-23-43)48-33-47(62(5,6)7)26-21-40(48)2)31-50-42(4)49-34-55-56(35-58(49)67(57)61(50)60)66(14,15)52-19-17-16-18-51(52)65(55,12)13/h16-29,31-36,42H,30,37-38H2,1-15H3. The van der Waals surface area contributed by atoms with Gasteiger partial charge < -0.3 is 4.90 Å². The number of rotatable bonds is 4. The summed E-state index contributed by atoms with van der Waals surface area (Å²) in [6.07, 6.45) is 2.03. The molecule has 2 aliphatic carbocycles. The molecule has 1 nitrogen and oxygen atoms in total. The fourth-order valence-electron chi connectivity index (χ4n) is 14.0. The minimum atomic E-state index is -0.134. The monoisotopic (exact) mass is 890 g/mol. The lowest BCUT2D eigenvalue weighted by Gasteiger charge is -2.46. The zero-order valence-corrected chi connectivity index (χ0v) is 43.8. The van der Waals surface area contributed by atoms with Gasteiger partial charge in [0.25, 0.3) is 0 Å². The van der Waals surface area contributed by atoms with Crippen LogP contribution in [-0.2, 0) is 40.0 Å². The van der Waals surface area contributed by atoms with Gasteiger partial charge in [-0.2, -0.15) is 0 Å². The predicted molar refractivity (Wildman–Crippen MR) is 293 cm³/mol. The van der Waals surface area contributed by atoms with Crippen LogP contribution < -0.4 is 21.3 Å². The molecule has 7 aromatic rings. The van der Waals surface area contributed by atoms with Gasteiger partial charge in [0, 0.05) is 34.7 Å². The second kappa shape index (κ2) is 15.0. The molecule has 0 amide bonds. The number of hydrogen-bond acceptors (Lipinski definition) is 1. The summed E-state index contributed by atoms with van der Waals surface area (Å²) in [4.78, 5) is 2.76. The minimum Gasteiger partial charge on any atom is -0.337 e. The van der Waals surface area contributed by atoms with E-state index >= 15 is 0 Å². The number of aryl methyl sites for hydroxylation is 3. The summed E-state index contributed by atoms with van der Waals surface area (Å²) < 4.78 is 0. The summed E-state index contributed by atoms with van der Waals surface area (Å²) in [6, 6.07) is 48.9. The zero-order chi connectivity index (χ0) is 48.2. The van der Waals surface area contributed by atoms with E-state index in [-0.39, 0.29) is 39.7 Å². The molecular weight excluding hydrogens is 818 g/mol. The van der Waals surface area contributed by atoms with E-state index < -0.39 is 0 Å². The third-order valence-electron chi connectivity index (χ3n) is 17.6. The Kier molecular flexibility index (Phi) is 9.87. The van der Waals surface area contributed by atoms with Crippen LogP contribution in [-0.4, -0.2) is 6.71 Å². The van der Waals surface area contributed by atoms with Crippen LogP contribution in [0.1, 0.15) is 179 Å². The van der Waals surface area contributed by atoms with Gasteiger partial charge in [-0.3, -0.25) is 0 Å². The molecule has 7 aromatic carbocycles. The average Bonchev–Trinajstić information content (AvgIpc) is 3.36. The molecule has 2 heterocycles. The summed E-state index contributed by atoms with van der Waals surface area (Å²) in [5.74, 6) is 0.214. The van der Waals surface area contributed by atoms with Gasteiger partial charge in [0.15, 0.2) is 0 Å². The van der Waals surface area contributed by atoms with Crippen molar-refractivity contribution in [2.24, 2.45) is 0 Å². The maximum absolute atomic E-state index is 2.76. The molecule has 2 aliphatic heterocycles. The highest BCUT2D eigenvalue weighted by Crippen LogP contribution is 2.53. The van der Waals surface area contributed by atoms with Crippen molar-refractivity contribution in [3.63, 3.8) is 0 Å². The quantitative estimate of drug-likeness (QED) is 0.159. The number of fused-ring (bicyclic) bond motifs is 7. The number of anilines is 2. The molecule has 0 saturated carbocycles. The second-order valence-corrected chi connectivity index (χ2v) is 25.2. The van der Waals surface area contributed by atoms with Crippen molar-refractivity contribution in [2.75, 3.05) is 4.90 Å². The summed E-state index contributed by atoms with van der Waals surface area (Å²) in [5, 5.41) is 0. The lowest BCUT2D eigenvalue weighted by molar-refractivity contribution is 0.403. The van der Waals surface area contributed by atoms with Crippen molar-refractivity contribution in [1.82, 2.24) is 0 Å². The van der Waals surface area contributed by atoms with Gasteiger partial charge in [-0.25, -0.2) is 0 Å². The summed E-state index contributed by atoms with van der Waals surface area (Å²) in [7, 11) is 0. The highest BCUT2D eigenvalue weighted by atomic mass is 15.1. The van der Waals surface area contributed by atoms with E-state index in [9.17, 15) is 0 Å². The van der Waals surface area contributed by atoms with Gasteiger partial charge in [0.2, 0.25) is 6.71 Å². The smallest absolute Gasteiger partial charge is 0.245 e. The first kappa shape index (κ1) is 44.9. The van der Waals surface area contributed by atoms with Gasteiger partial charge in [-0.15, -0.1) is 0 Å². The molecule has 0 aromatic heterocycles. The Labute approximate surface area is 409 Å². The topological polar surface area (TPSA) is 3.24 Å². The normalized spacial score (nSPS) is 18.7. The van der Waals surface area contributed by atoms with E-state index in [1.54, 1.807) is 0 Å². The van der Waals surface area contributed by atoms with E-state index in [2.05, 4.69) is 230 Å². The Morgan fingerprint density at radius 3 is 1.87 bits per heavy atom. The van der Waals surface area contributed by atoms with Crippen molar-refractivity contribution in [3.05, 3.63) is 205 Å². The van der Waals surface area contributed by atoms with E-state index in [0.29, 0.717) is 0 Å². The first-order chi connectivity index (χ1) is 32.0. The molecule has 0 spiro atoms. The van der Waals surface area contributed by atoms with Crippen LogP contribution in [0.4, 0.5) is 11.4 Å². The van der Waals surface area contributed by atoms with Crippen molar-refractivity contribution in [3.8, 4) is 11.1 Å².